The summed E-state index contributed by atoms with van der Waals surface area (Å²) in [5.41, 5.74) is 11.2. The predicted molar refractivity (Wildman–Crippen MR) is 229 cm³/mol. The van der Waals surface area contributed by atoms with Crippen LogP contribution >= 0.6 is 38.7 Å². The van der Waals surface area contributed by atoms with E-state index in [1.54, 1.807) is 30.5 Å². The van der Waals surface area contributed by atoms with Gasteiger partial charge in [-0.3, -0.25) is 4.57 Å². The summed E-state index contributed by atoms with van der Waals surface area (Å²) in [5, 5.41) is 27.0. The van der Waals surface area contributed by atoms with Crippen LogP contribution in [-0.4, -0.2) is 39.1 Å². The number of halogens is 2. The fraction of sp³-hybridized carbons (Fsp3) is 0.279. The van der Waals surface area contributed by atoms with Gasteiger partial charge in [-0.1, -0.05) is 48.0 Å². The van der Waals surface area contributed by atoms with E-state index < -0.39 is 7.60 Å². The van der Waals surface area contributed by atoms with E-state index in [0.29, 0.717) is 70.9 Å². The Kier molecular flexibility index (Phi) is 17.0. The average molecular weight is 878 g/mol. The van der Waals surface area contributed by atoms with Crippen molar-refractivity contribution in [3.63, 3.8) is 0 Å². The van der Waals surface area contributed by atoms with Gasteiger partial charge in [0.1, 0.15) is 24.2 Å². The van der Waals surface area contributed by atoms with Crippen LogP contribution in [0.25, 0.3) is 11.1 Å². The number of hydrogen-bond acceptors (Lipinski definition) is 10. The maximum absolute atomic E-state index is 11.1. The standard InChI is InChI=1S/C43H44Cl2N4O8P2/c1-28-32(26-56-42-18-40(50)34(16-38(42)44)23-48-12-6-14-59(52,53)54)7-3-9-36(28)37-10-4-8-33(29(37)2)27-57-43-19-41(55-25-31-15-30(20-46)21-49-22-31)35(17-39(43)45)24-47-11-5-13-58-51/h3-4,7-10,15-19,21-22,47-48,50H,5-6,11-12,14,23-27H2,1-2H3,(H2,52,53,54). The van der Waals surface area contributed by atoms with E-state index >= 15 is 0 Å². The van der Waals surface area contributed by atoms with Crippen LogP contribution in [0.2, 0.25) is 10.0 Å². The molecule has 1 heterocycles. The fourth-order valence-electron chi connectivity index (χ4n) is 6.20. The van der Waals surface area contributed by atoms with Crippen LogP contribution in [0.5, 0.6) is 23.0 Å². The largest absolute Gasteiger partial charge is 0.0388 e. The summed E-state index contributed by atoms with van der Waals surface area (Å²) < 4.78 is 40.5. The molecule has 5 rings (SSSR count). The Morgan fingerprint density at radius 1 is 0.780 bits per heavy atom. The second kappa shape index (κ2) is 22.1. The molecule has 0 radical (unpaired) electrons. The van der Waals surface area contributed by atoms with E-state index in [4.69, 9.17) is 47.2 Å². The van der Waals surface area contributed by atoms with Crippen LogP contribution in [0.1, 0.15) is 57.3 Å². The monoisotopic (exact) mass is 876 g/mol. The third-order valence-electron chi connectivity index (χ3n) is 9.43. The number of ether oxygens (including phenoxy) is 3. The maximum atomic E-state index is 11.1. The molecule has 0 fully saturated rings. The van der Waals surface area contributed by atoms with Gasteiger partial charge in [0.25, 0.3) is 0 Å². The summed E-state index contributed by atoms with van der Waals surface area (Å²) in [7, 11) is -4.19. The van der Waals surface area contributed by atoms with Crippen molar-refractivity contribution in [3.05, 3.63) is 134 Å². The van der Waals surface area contributed by atoms with Crippen LogP contribution in [0.4, 0.5) is 0 Å². The van der Waals surface area contributed by atoms with Gasteiger partial charge in [-0.25, -0.2) is 0 Å². The van der Waals surface area contributed by atoms with E-state index in [2.05, 4.69) is 39.4 Å². The van der Waals surface area contributed by atoms with Gasteiger partial charge >= 0.3 is 153 Å². The number of phenolic OH excluding ortho intramolecular Hbond substituents is 1. The molecule has 4 aromatic carbocycles. The Balaban J connectivity index is 1.28. The SMILES string of the molecule is Cc1c(COc2cc(O)c(CNCCCP(=O)(O)O)cc2Cl)cccc1-c1cccc(COc2cc(OCc3cncc(C#N)c3)c(CNCCC#P=O)cc2Cl)c1C. The minimum atomic E-state index is -4.05. The van der Waals surface area contributed by atoms with Gasteiger partial charge in [0.2, 0.25) is 0 Å². The molecule has 0 unspecified atom stereocenters. The van der Waals surface area contributed by atoms with Gasteiger partial charge in [-0.2, -0.15) is 5.26 Å². The van der Waals surface area contributed by atoms with E-state index in [0.717, 1.165) is 44.5 Å². The van der Waals surface area contributed by atoms with Gasteiger partial charge < -0.3 is 24.9 Å². The molecular formula is C43H44Cl2N4O8P2. The summed E-state index contributed by atoms with van der Waals surface area (Å²) in [4.78, 5) is 22.2. The first kappa shape index (κ1) is 45.5. The minimum Gasteiger partial charge on any atom is -0.0388 e. The predicted octanol–water partition coefficient (Wildman–Crippen LogP) is 9.37. The molecule has 0 spiro atoms. The first-order valence-corrected chi connectivity index (χ1v) is 22.0. The number of rotatable bonds is 20. The molecule has 0 aliphatic carbocycles. The molecule has 0 aliphatic rings. The molecule has 0 saturated heterocycles. The van der Waals surface area contributed by atoms with E-state index in [9.17, 15) is 19.5 Å². The molecule has 0 amide bonds. The molecular weight excluding hydrogens is 833 g/mol. The average Bonchev–Trinajstić information content (AvgIpc) is 3.21. The normalized spacial score (nSPS) is 11.1. The Labute approximate surface area is 354 Å². The zero-order chi connectivity index (χ0) is 42.4. The number of nitrogens with zero attached hydrogens (tertiary/aromatic N) is 2. The first-order valence-electron chi connectivity index (χ1n) is 18.6. The van der Waals surface area contributed by atoms with Crippen LogP contribution in [0, 0.1) is 30.8 Å². The van der Waals surface area contributed by atoms with Crippen molar-refractivity contribution >= 4 is 38.7 Å². The van der Waals surface area contributed by atoms with Crippen molar-refractivity contribution in [1.82, 2.24) is 15.6 Å². The molecule has 5 N–H and O–H groups in total. The molecule has 308 valence electrons. The molecule has 0 bridgehead atoms. The molecule has 0 aliphatic heterocycles. The third-order valence-corrected chi connectivity index (χ3v) is 11.3. The topological polar surface area (TPSA) is 183 Å². The van der Waals surface area contributed by atoms with E-state index in [1.807, 2.05) is 38.1 Å². The van der Waals surface area contributed by atoms with Crippen LogP contribution in [-0.2, 0) is 42.0 Å². The zero-order valence-corrected chi connectivity index (χ0v) is 35.8. The number of hydrogen-bond donors (Lipinski definition) is 5. The maximum Gasteiger partial charge on any atom is -0.0366 e. The molecule has 12 nitrogen and oxygen atoms in total. The third kappa shape index (κ3) is 13.4. The van der Waals surface area contributed by atoms with Crippen molar-refractivity contribution in [2.75, 3.05) is 19.3 Å². The quantitative estimate of drug-likeness (QED) is 0.0370. The molecule has 0 saturated carbocycles. The van der Waals surface area contributed by atoms with Crippen LogP contribution in [0.3, 0.4) is 0 Å². The Bertz CT molecular complexity index is 2470. The van der Waals surface area contributed by atoms with Crippen molar-refractivity contribution in [2.45, 2.75) is 59.6 Å². The summed E-state index contributed by atoms with van der Waals surface area (Å²) in [6.45, 7) is 6.31. The van der Waals surface area contributed by atoms with Crippen LogP contribution in [0.15, 0.2) is 79.1 Å². The number of nitriles is 1. The van der Waals surface area contributed by atoms with Gasteiger partial charge in [0.15, 0.2) is 0 Å². The van der Waals surface area contributed by atoms with E-state index in [1.165, 1.54) is 12.3 Å². The molecule has 5 aromatic rings. The number of phenols is 1. The van der Waals surface area contributed by atoms with Gasteiger partial charge in [-0.05, 0) is 60.7 Å². The second-order valence-electron chi connectivity index (χ2n) is 13.6. The Morgan fingerprint density at radius 2 is 1.37 bits per heavy atom. The minimum absolute atomic E-state index is 0.00850. The van der Waals surface area contributed by atoms with Gasteiger partial charge in [0.05, 0.1) is 11.2 Å². The Hall–Kier alpha value is -4.62. The molecule has 0 atom stereocenters. The smallest absolute Gasteiger partial charge is 0.0366 e. The molecule has 1 aromatic heterocycles. The molecule has 59 heavy (non-hydrogen) atoms. The fourth-order valence-corrected chi connectivity index (χ4v) is 7.46. The van der Waals surface area contributed by atoms with Crippen molar-refractivity contribution < 1.29 is 38.2 Å². The van der Waals surface area contributed by atoms with Gasteiger partial charge in [0, 0.05) is 24.4 Å². The zero-order valence-electron chi connectivity index (χ0n) is 32.5. The van der Waals surface area contributed by atoms with Gasteiger partial charge in [-0.15, -0.1) is 0 Å². The van der Waals surface area contributed by atoms with Crippen molar-refractivity contribution in [3.8, 4) is 45.8 Å². The van der Waals surface area contributed by atoms with Crippen molar-refractivity contribution in [1.29, 1.82) is 5.26 Å². The second-order valence-corrected chi connectivity index (χ2v) is 16.7. The molecule has 16 heteroatoms. The van der Waals surface area contributed by atoms with Crippen LogP contribution < -0.4 is 24.8 Å². The summed E-state index contributed by atoms with van der Waals surface area (Å²) in [6, 6.07) is 22.5. The number of pyridine rings is 1. The first-order chi connectivity index (χ1) is 28.4. The number of aromatic hydroxyl groups is 1. The van der Waals surface area contributed by atoms with E-state index in [-0.39, 0.29) is 46.2 Å². The number of aromatic nitrogens is 1. The number of benzene rings is 4. The Morgan fingerprint density at radius 3 is 2.00 bits per heavy atom. The summed E-state index contributed by atoms with van der Waals surface area (Å²) in [5.74, 6) is 1.30. The number of nitrogens with one attached hydrogen (secondary N) is 2. The summed E-state index contributed by atoms with van der Waals surface area (Å²) >= 11 is 13.3. The summed E-state index contributed by atoms with van der Waals surface area (Å²) in [6.07, 6.45) is 3.72. The van der Waals surface area contributed by atoms with Crippen molar-refractivity contribution in [2.24, 2.45) is 0 Å².